The van der Waals surface area contributed by atoms with Gasteiger partial charge in [-0.05, 0) is 36.2 Å². The molecule has 1 amide bonds. The lowest BCUT2D eigenvalue weighted by Gasteiger charge is -2.27. The summed E-state index contributed by atoms with van der Waals surface area (Å²) in [5.74, 6) is -0.155. The normalized spacial score (nSPS) is 15.2. The number of hydrogen-bond acceptors (Lipinski definition) is 6. The first kappa shape index (κ1) is 21.9. The summed E-state index contributed by atoms with van der Waals surface area (Å²) in [6, 6.07) is 11.2. The number of hydrogen-bond donors (Lipinski definition) is 2. The lowest BCUT2D eigenvalue weighted by molar-refractivity contribution is -0.116. The van der Waals surface area contributed by atoms with Crippen LogP contribution in [0.1, 0.15) is 36.0 Å². The molecule has 0 saturated carbocycles. The molecular formula is C23H22FN3O4S. The number of phenols is 1. The number of anilines is 1. The van der Waals surface area contributed by atoms with Gasteiger partial charge >= 0.3 is 0 Å². The van der Waals surface area contributed by atoms with Crippen molar-refractivity contribution in [2.24, 2.45) is 7.05 Å². The molecule has 0 radical (unpaired) electrons. The molecule has 0 fully saturated rings. The van der Waals surface area contributed by atoms with Crippen LogP contribution in [0.5, 0.6) is 11.5 Å². The van der Waals surface area contributed by atoms with Crippen LogP contribution in [0.25, 0.3) is 0 Å². The van der Waals surface area contributed by atoms with Crippen molar-refractivity contribution in [3.05, 3.63) is 75.3 Å². The van der Waals surface area contributed by atoms with Crippen molar-refractivity contribution in [3.8, 4) is 11.5 Å². The first-order valence-electron chi connectivity index (χ1n) is 10.1. The van der Waals surface area contributed by atoms with E-state index in [0.29, 0.717) is 45.8 Å². The Balaban J connectivity index is 1.72. The summed E-state index contributed by atoms with van der Waals surface area (Å²) >= 11 is 1.22. The van der Waals surface area contributed by atoms with Crippen molar-refractivity contribution in [1.29, 1.82) is 0 Å². The van der Waals surface area contributed by atoms with Crippen molar-refractivity contribution in [2.75, 3.05) is 11.9 Å². The fourth-order valence-electron chi connectivity index (χ4n) is 3.73. The van der Waals surface area contributed by atoms with E-state index in [-0.39, 0.29) is 23.9 Å². The molecule has 0 bridgehead atoms. The fourth-order valence-corrected chi connectivity index (χ4v) is 4.68. The number of nitrogens with zero attached hydrogens (tertiary/aromatic N) is 2. The highest BCUT2D eigenvalue weighted by Gasteiger charge is 2.32. The van der Waals surface area contributed by atoms with Gasteiger partial charge in [-0.25, -0.2) is 4.39 Å². The Morgan fingerprint density at radius 2 is 2.06 bits per heavy atom. The van der Waals surface area contributed by atoms with Gasteiger partial charge < -0.3 is 19.7 Å². The molecule has 4 rings (SSSR count). The largest absolute Gasteiger partial charge is 0.504 e. The van der Waals surface area contributed by atoms with E-state index < -0.39 is 11.5 Å². The van der Waals surface area contributed by atoms with Gasteiger partial charge in [0.1, 0.15) is 11.6 Å². The zero-order valence-electron chi connectivity index (χ0n) is 17.6. The second kappa shape index (κ2) is 9.04. The number of thioether (sulfide) groups is 1. The third-order valence-corrected chi connectivity index (χ3v) is 6.38. The van der Waals surface area contributed by atoms with Crippen LogP contribution in [-0.4, -0.2) is 27.2 Å². The first-order chi connectivity index (χ1) is 15.4. The maximum absolute atomic E-state index is 14.0. The number of rotatable bonds is 6. The van der Waals surface area contributed by atoms with Crippen molar-refractivity contribution < 1.29 is 19.0 Å². The molecule has 1 aromatic heterocycles. The molecule has 7 nitrogen and oxygen atoms in total. The van der Waals surface area contributed by atoms with E-state index in [9.17, 15) is 19.1 Å². The topological polar surface area (TPSA) is 93.5 Å². The SMILES string of the molecule is CCOc1cc([C@H]2CC(=O)Nc3c2c(=O)nc(SCc2ccccc2F)n3C)ccc1O. The number of amides is 1. The fraction of sp³-hybridized carbons (Fsp3) is 0.261. The predicted molar refractivity (Wildman–Crippen MR) is 120 cm³/mol. The average Bonchev–Trinajstić information content (AvgIpc) is 2.77. The van der Waals surface area contributed by atoms with Gasteiger partial charge in [-0.3, -0.25) is 9.59 Å². The van der Waals surface area contributed by atoms with Crippen LogP contribution in [-0.2, 0) is 17.6 Å². The second-order valence-electron chi connectivity index (χ2n) is 7.37. The zero-order valence-corrected chi connectivity index (χ0v) is 18.4. The summed E-state index contributed by atoms with van der Waals surface area (Å²) in [5, 5.41) is 13.2. The summed E-state index contributed by atoms with van der Waals surface area (Å²) in [6.45, 7) is 2.17. The van der Waals surface area contributed by atoms with Gasteiger partial charge in [-0.2, -0.15) is 4.98 Å². The number of ether oxygens (including phenoxy) is 1. The Hall–Kier alpha value is -3.33. The van der Waals surface area contributed by atoms with E-state index in [4.69, 9.17) is 4.74 Å². The minimum Gasteiger partial charge on any atom is -0.504 e. The van der Waals surface area contributed by atoms with Gasteiger partial charge in [0.15, 0.2) is 16.7 Å². The van der Waals surface area contributed by atoms with Crippen LogP contribution in [0.15, 0.2) is 52.4 Å². The molecule has 2 N–H and O–H groups in total. The van der Waals surface area contributed by atoms with Gasteiger partial charge in [0, 0.05) is 25.1 Å². The minimum atomic E-state index is -0.532. The molecule has 1 aliphatic heterocycles. The van der Waals surface area contributed by atoms with E-state index >= 15 is 0 Å². The zero-order chi connectivity index (χ0) is 22.8. The van der Waals surface area contributed by atoms with Crippen LogP contribution in [0.3, 0.4) is 0 Å². The lowest BCUT2D eigenvalue weighted by atomic mass is 9.86. The molecule has 0 unspecified atom stereocenters. The lowest BCUT2D eigenvalue weighted by Crippen LogP contribution is -2.33. The Bertz CT molecular complexity index is 1240. The quantitative estimate of drug-likeness (QED) is 0.434. The number of phenolic OH excluding ortho intramolecular Hbond substituents is 1. The Morgan fingerprint density at radius 3 is 2.81 bits per heavy atom. The number of fused-ring (bicyclic) bond motifs is 1. The molecule has 0 spiro atoms. The maximum Gasteiger partial charge on any atom is 0.279 e. The van der Waals surface area contributed by atoms with Crippen molar-refractivity contribution in [1.82, 2.24) is 9.55 Å². The highest BCUT2D eigenvalue weighted by Crippen LogP contribution is 2.39. The van der Waals surface area contributed by atoms with Crippen molar-refractivity contribution in [3.63, 3.8) is 0 Å². The van der Waals surface area contributed by atoms with E-state index in [1.807, 2.05) is 0 Å². The maximum atomic E-state index is 14.0. The number of benzene rings is 2. The van der Waals surface area contributed by atoms with Crippen molar-refractivity contribution >= 4 is 23.5 Å². The van der Waals surface area contributed by atoms with Gasteiger partial charge in [0.05, 0.1) is 12.2 Å². The monoisotopic (exact) mass is 455 g/mol. The number of aromatic nitrogens is 2. The first-order valence-corrected chi connectivity index (χ1v) is 11.1. The Kier molecular flexibility index (Phi) is 6.18. The summed E-state index contributed by atoms with van der Waals surface area (Å²) in [4.78, 5) is 29.8. The van der Waals surface area contributed by atoms with Crippen LogP contribution in [0, 0.1) is 5.82 Å². The van der Waals surface area contributed by atoms with Crippen molar-refractivity contribution in [2.45, 2.75) is 30.2 Å². The molecular weight excluding hydrogens is 433 g/mol. The van der Waals surface area contributed by atoms with E-state index in [1.54, 1.807) is 48.9 Å². The van der Waals surface area contributed by atoms with E-state index in [2.05, 4.69) is 10.3 Å². The standard InChI is InChI=1S/C23H22FN3O4S/c1-3-31-18-10-13(8-9-17(18)28)15-11-19(29)25-21-20(15)22(30)26-23(27(21)2)32-12-14-6-4-5-7-16(14)24/h4-10,15,28H,3,11-12H2,1-2H3,(H,25,29)/t15-/m1/s1. The van der Waals surface area contributed by atoms with Crippen LogP contribution in [0.2, 0.25) is 0 Å². The molecule has 32 heavy (non-hydrogen) atoms. The molecule has 166 valence electrons. The van der Waals surface area contributed by atoms with Gasteiger partial charge in [-0.15, -0.1) is 0 Å². The number of nitrogens with one attached hydrogen (secondary N) is 1. The second-order valence-corrected chi connectivity index (χ2v) is 8.31. The molecule has 3 aromatic rings. The third-order valence-electron chi connectivity index (χ3n) is 5.30. The molecule has 0 aliphatic carbocycles. The summed E-state index contributed by atoms with van der Waals surface area (Å²) < 4.78 is 21.1. The average molecular weight is 456 g/mol. The molecule has 2 heterocycles. The van der Waals surface area contributed by atoms with Crippen LogP contribution in [0.4, 0.5) is 10.2 Å². The molecule has 0 saturated heterocycles. The van der Waals surface area contributed by atoms with Crippen LogP contribution >= 0.6 is 11.8 Å². The predicted octanol–water partition coefficient (Wildman–Crippen LogP) is 3.79. The van der Waals surface area contributed by atoms with Gasteiger partial charge in [-0.1, -0.05) is 36.0 Å². The molecule has 1 aliphatic rings. The highest BCUT2D eigenvalue weighted by atomic mass is 32.2. The molecule has 2 aromatic carbocycles. The molecule has 9 heteroatoms. The number of halogens is 1. The number of carbonyl (C=O) groups excluding carboxylic acids is 1. The molecule has 1 atom stereocenters. The van der Waals surface area contributed by atoms with Gasteiger partial charge in [0.2, 0.25) is 5.91 Å². The van der Waals surface area contributed by atoms with Crippen LogP contribution < -0.4 is 15.6 Å². The highest BCUT2D eigenvalue weighted by molar-refractivity contribution is 7.98. The Labute approximate surface area is 188 Å². The van der Waals surface area contributed by atoms with Gasteiger partial charge in [0.25, 0.3) is 5.56 Å². The third kappa shape index (κ3) is 4.20. The Morgan fingerprint density at radius 1 is 1.28 bits per heavy atom. The summed E-state index contributed by atoms with van der Waals surface area (Å²) in [6.07, 6.45) is 0.0714. The summed E-state index contributed by atoms with van der Waals surface area (Å²) in [5.41, 5.74) is 1.09. The number of aromatic hydroxyl groups is 1. The van der Waals surface area contributed by atoms with E-state index in [0.717, 1.165) is 0 Å². The summed E-state index contributed by atoms with van der Waals surface area (Å²) in [7, 11) is 1.71. The minimum absolute atomic E-state index is 0.0120. The smallest absolute Gasteiger partial charge is 0.279 e. The number of carbonyl (C=O) groups is 1. The van der Waals surface area contributed by atoms with E-state index in [1.165, 1.54) is 23.9 Å².